The van der Waals surface area contributed by atoms with Crippen molar-refractivity contribution in [3.63, 3.8) is 0 Å². The second kappa shape index (κ2) is 9.75. The standard InChI is InChI=1S/C22H32FN3O4/c1-22(2,3)24-20(27)13-25-10-8-17(9-11-25)26-12-19(30-15-21(26)28)14-29-18-6-4-16(23)5-7-18/h4-7,17,19H,8-15H2,1-3H3,(H,24,27)/t19-/m1/s1. The fourth-order valence-corrected chi connectivity index (χ4v) is 3.87. The predicted molar refractivity (Wildman–Crippen MR) is 111 cm³/mol. The van der Waals surface area contributed by atoms with Gasteiger partial charge in [0.15, 0.2) is 0 Å². The summed E-state index contributed by atoms with van der Waals surface area (Å²) < 4.78 is 24.3. The number of benzene rings is 1. The average Bonchev–Trinajstić information content (AvgIpc) is 2.68. The van der Waals surface area contributed by atoms with E-state index in [1.165, 1.54) is 12.1 Å². The largest absolute Gasteiger partial charge is 0.491 e. The number of hydrogen-bond donors (Lipinski definition) is 1. The molecule has 7 nitrogen and oxygen atoms in total. The Kier molecular flexibility index (Phi) is 7.31. The van der Waals surface area contributed by atoms with Gasteiger partial charge in [0.05, 0.1) is 13.1 Å². The quantitative estimate of drug-likeness (QED) is 0.759. The van der Waals surface area contributed by atoms with Crippen molar-refractivity contribution in [2.45, 2.75) is 51.3 Å². The fraction of sp³-hybridized carbons (Fsp3) is 0.636. The van der Waals surface area contributed by atoms with Crippen LogP contribution in [0.5, 0.6) is 5.75 Å². The van der Waals surface area contributed by atoms with E-state index >= 15 is 0 Å². The van der Waals surface area contributed by atoms with Gasteiger partial charge in [-0.3, -0.25) is 14.5 Å². The van der Waals surface area contributed by atoms with Gasteiger partial charge in [-0.15, -0.1) is 0 Å². The normalized spacial score (nSPS) is 21.5. The van der Waals surface area contributed by atoms with Crippen molar-refractivity contribution in [1.82, 2.24) is 15.1 Å². The van der Waals surface area contributed by atoms with Gasteiger partial charge in [0.2, 0.25) is 11.8 Å². The minimum Gasteiger partial charge on any atom is -0.491 e. The highest BCUT2D eigenvalue weighted by atomic mass is 19.1. The SMILES string of the molecule is CC(C)(C)NC(=O)CN1CCC(N2C[C@H](COc3ccc(F)cc3)OCC2=O)CC1. The van der Waals surface area contributed by atoms with Crippen LogP contribution < -0.4 is 10.1 Å². The van der Waals surface area contributed by atoms with E-state index in [4.69, 9.17) is 9.47 Å². The van der Waals surface area contributed by atoms with E-state index in [-0.39, 0.29) is 41.9 Å². The molecule has 0 aromatic heterocycles. The van der Waals surface area contributed by atoms with Gasteiger partial charge in [0, 0.05) is 24.7 Å². The first kappa shape index (κ1) is 22.5. The summed E-state index contributed by atoms with van der Waals surface area (Å²) in [6, 6.07) is 6.00. The Balaban J connectivity index is 1.45. The Morgan fingerprint density at radius 3 is 2.53 bits per heavy atom. The molecule has 166 valence electrons. The van der Waals surface area contributed by atoms with Gasteiger partial charge in [-0.2, -0.15) is 0 Å². The molecule has 1 N–H and O–H groups in total. The summed E-state index contributed by atoms with van der Waals surface area (Å²) in [5.41, 5.74) is -0.235. The van der Waals surface area contributed by atoms with Crippen molar-refractivity contribution >= 4 is 11.8 Å². The molecule has 0 bridgehead atoms. The second-order valence-corrected chi connectivity index (χ2v) is 9.05. The molecule has 0 unspecified atom stereocenters. The summed E-state index contributed by atoms with van der Waals surface area (Å²) >= 11 is 0. The van der Waals surface area contributed by atoms with Crippen LogP contribution in [0.2, 0.25) is 0 Å². The molecule has 2 aliphatic heterocycles. The molecule has 1 aromatic carbocycles. The molecule has 3 rings (SSSR count). The Morgan fingerprint density at radius 2 is 1.90 bits per heavy atom. The van der Waals surface area contributed by atoms with Gasteiger partial charge in [-0.25, -0.2) is 4.39 Å². The van der Waals surface area contributed by atoms with E-state index < -0.39 is 0 Å². The van der Waals surface area contributed by atoms with Gasteiger partial charge >= 0.3 is 0 Å². The van der Waals surface area contributed by atoms with Crippen LogP contribution in [0.25, 0.3) is 0 Å². The van der Waals surface area contributed by atoms with Crippen molar-refractivity contribution in [1.29, 1.82) is 0 Å². The molecular weight excluding hydrogens is 389 g/mol. The Morgan fingerprint density at radius 1 is 1.23 bits per heavy atom. The fourth-order valence-electron chi connectivity index (χ4n) is 3.87. The van der Waals surface area contributed by atoms with Gasteiger partial charge in [0.25, 0.3) is 0 Å². The number of ether oxygens (including phenoxy) is 2. The highest BCUT2D eigenvalue weighted by Crippen LogP contribution is 2.21. The lowest BCUT2D eigenvalue weighted by atomic mass is 10.0. The molecule has 8 heteroatoms. The van der Waals surface area contributed by atoms with Crippen LogP contribution in [0.15, 0.2) is 24.3 Å². The zero-order valence-electron chi connectivity index (χ0n) is 18.0. The molecule has 0 radical (unpaired) electrons. The van der Waals surface area contributed by atoms with Gasteiger partial charge in [-0.1, -0.05) is 0 Å². The molecule has 2 amide bonds. The highest BCUT2D eigenvalue weighted by molar-refractivity contribution is 5.79. The minimum absolute atomic E-state index is 0.00282. The summed E-state index contributed by atoms with van der Waals surface area (Å²) in [5, 5.41) is 2.99. The molecule has 2 saturated heterocycles. The van der Waals surface area contributed by atoms with Gasteiger partial charge in [0.1, 0.15) is 30.9 Å². The first-order valence-electron chi connectivity index (χ1n) is 10.5. The average molecular weight is 422 g/mol. The summed E-state index contributed by atoms with van der Waals surface area (Å²) in [6.07, 6.45) is 1.45. The number of nitrogens with zero attached hydrogens (tertiary/aromatic N) is 2. The summed E-state index contributed by atoms with van der Waals surface area (Å²) in [5.74, 6) is 0.291. The third-order valence-electron chi connectivity index (χ3n) is 5.29. The predicted octanol–water partition coefficient (Wildman–Crippen LogP) is 1.81. The number of halogens is 1. The number of rotatable bonds is 6. The van der Waals surface area contributed by atoms with Crippen LogP contribution in [0.1, 0.15) is 33.6 Å². The van der Waals surface area contributed by atoms with Crippen LogP contribution in [-0.2, 0) is 14.3 Å². The minimum atomic E-state index is -0.310. The molecule has 1 atom stereocenters. The van der Waals surface area contributed by atoms with Crippen LogP contribution in [0.4, 0.5) is 4.39 Å². The number of likely N-dealkylation sites (tertiary alicyclic amines) is 1. The topological polar surface area (TPSA) is 71.1 Å². The van der Waals surface area contributed by atoms with E-state index in [0.29, 0.717) is 25.4 Å². The van der Waals surface area contributed by atoms with Crippen molar-refractivity contribution < 1.29 is 23.5 Å². The zero-order valence-corrected chi connectivity index (χ0v) is 18.0. The smallest absolute Gasteiger partial charge is 0.248 e. The number of hydrogen-bond acceptors (Lipinski definition) is 5. The molecule has 30 heavy (non-hydrogen) atoms. The van der Waals surface area contributed by atoms with Crippen molar-refractivity contribution in [3.8, 4) is 5.75 Å². The van der Waals surface area contributed by atoms with E-state index in [1.807, 2.05) is 25.7 Å². The lowest BCUT2D eigenvalue weighted by molar-refractivity contribution is -0.155. The third kappa shape index (κ3) is 6.67. The maximum absolute atomic E-state index is 13.0. The van der Waals surface area contributed by atoms with E-state index in [1.54, 1.807) is 12.1 Å². The monoisotopic (exact) mass is 421 g/mol. The molecular formula is C22H32FN3O4. The molecule has 2 fully saturated rings. The number of amides is 2. The lowest BCUT2D eigenvalue weighted by Crippen LogP contribution is -2.56. The molecule has 1 aromatic rings. The number of morpholine rings is 1. The Bertz CT molecular complexity index is 727. The van der Waals surface area contributed by atoms with Crippen LogP contribution >= 0.6 is 0 Å². The van der Waals surface area contributed by atoms with Crippen molar-refractivity contribution in [3.05, 3.63) is 30.1 Å². The number of carbonyl (C=O) groups is 2. The van der Waals surface area contributed by atoms with E-state index in [0.717, 1.165) is 25.9 Å². The number of piperidine rings is 1. The number of carbonyl (C=O) groups excluding carboxylic acids is 2. The maximum Gasteiger partial charge on any atom is 0.248 e. The summed E-state index contributed by atoms with van der Waals surface area (Å²) in [7, 11) is 0. The lowest BCUT2D eigenvalue weighted by Gasteiger charge is -2.42. The maximum atomic E-state index is 13.0. The van der Waals surface area contributed by atoms with E-state index in [9.17, 15) is 14.0 Å². The first-order chi connectivity index (χ1) is 14.2. The van der Waals surface area contributed by atoms with Crippen molar-refractivity contribution in [2.24, 2.45) is 0 Å². The number of nitrogens with one attached hydrogen (secondary N) is 1. The molecule has 0 aliphatic carbocycles. The van der Waals surface area contributed by atoms with Gasteiger partial charge in [-0.05, 0) is 57.9 Å². The Labute approximate surface area is 177 Å². The Hall–Kier alpha value is -2.19. The molecule has 0 saturated carbocycles. The molecule has 2 aliphatic rings. The summed E-state index contributed by atoms with van der Waals surface area (Å²) in [4.78, 5) is 28.6. The third-order valence-corrected chi connectivity index (χ3v) is 5.29. The second-order valence-electron chi connectivity index (χ2n) is 9.05. The van der Waals surface area contributed by atoms with Crippen molar-refractivity contribution in [2.75, 3.05) is 39.4 Å². The van der Waals surface area contributed by atoms with E-state index in [2.05, 4.69) is 10.2 Å². The summed E-state index contributed by atoms with van der Waals surface area (Å²) in [6.45, 7) is 8.69. The highest BCUT2D eigenvalue weighted by Gasteiger charge is 2.34. The zero-order chi connectivity index (χ0) is 21.7. The van der Waals surface area contributed by atoms with Crippen LogP contribution in [0, 0.1) is 5.82 Å². The molecule has 0 spiro atoms. The first-order valence-corrected chi connectivity index (χ1v) is 10.5. The van der Waals surface area contributed by atoms with Crippen LogP contribution in [-0.4, -0.2) is 78.7 Å². The molecule has 2 heterocycles. The van der Waals surface area contributed by atoms with Crippen LogP contribution in [0.3, 0.4) is 0 Å². The van der Waals surface area contributed by atoms with Gasteiger partial charge < -0.3 is 19.7 Å².